The molecule has 0 aromatic heterocycles. The molecule has 1 fully saturated rings. The van der Waals surface area contributed by atoms with Gasteiger partial charge in [0.1, 0.15) is 0 Å². The molecule has 0 heterocycles. The maximum atomic E-state index is 5.83. The highest BCUT2D eigenvalue weighted by Crippen LogP contribution is 2.42. The van der Waals surface area contributed by atoms with E-state index in [1.807, 2.05) is 21.0 Å². The summed E-state index contributed by atoms with van der Waals surface area (Å²) in [6.45, 7) is 4.00. The van der Waals surface area contributed by atoms with E-state index in [-0.39, 0.29) is 5.60 Å². The molecule has 0 unspecified atom stereocenters. The maximum Gasteiger partial charge on any atom is 0.0927 e. The summed E-state index contributed by atoms with van der Waals surface area (Å²) < 4.78 is 5.83. The van der Waals surface area contributed by atoms with Crippen molar-refractivity contribution in [2.45, 2.75) is 45.1 Å². The minimum Gasteiger partial charge on any atom is -0.374 e. The number of ether oxygens (including phenoxy) is 1. The van der Waals surface area contributed by atoms with Crippen LogP contribution in [0.15, 0.2) is 42.5 Å². The van der Waals surface area contributed by atoms with Gasteiger partial charge in [-0.05, 0) is 35.2 Å². The summed E-state index contributed by atoms with van der Waals surface area (Å²) in [6, 6.07) is 15.3. The molecule has 0 radical (unpaired) electrons. The lowest BCUT2D eigenvalue weighted by Gasteiger charge is -2.28. The molecule has 1 saturated carbocycles. The number of rotatable bonds is 2. The van der Waals surface area contributed by atoms with Gasteiger partial charge >= 0.3 is 0 Å². The van der Waals surface area contributed by atoms with Crippen LogP contribution in [0.2, 0.25) is 0 Å². The Morgan fingerprint density at radius 2 is 1.53 bits per heavy atom. The highest BCUT2D eigenvalue weighted by molar-refractivity contribution is 5.83. The van der Waals surface area contributed by atoms with E-state index in [0.717, 1.165) is 12.8 Å². The van der Waals surface area contributed by atoms with Crippen molar-refractivity contribution in [1.29, 1.82) is 0 Å². The highest BCUT2D eigenvalue weighted by atomic mass is 16.5. The van der Waals surface area contributed by atoms with Gasteiger partial charge in [-0.25, -0.2) is 0 Å². The van der Waals surface area contributed by atoms with Gasteiger partial charge in [-0.3, -0.25) is 0 Å². The third-order valence-corrected chi connectivity index (χ3v) is 4.08. The Morgan fingerprint density at radius 1 is 0.895 bits per heavy atom. The molecule has 0 amide bonds. The molecule has 1 nitrogen and oxygen atoms in total. The first-order chi connectivity index (χ1) is 9.34. The fraction of sp³-hybridized carbons (Fsp3) is 0.444. The van der Waals surface area contributed by atoms with Crippen LogP contribution in [0.25, 0.3) is 10.8 Å². The van der Waals surface area contributed by atoms with E-state index in [1.165, 1.54) is 29.2 Å². The van der Waals surface area contributed by atoms with E-state index in [0.29, 0.717) is 0 Å². The fourth-order valence-corrected chi connectivity index (χ4v) is 3.03. The average Bonchev–Trinajstić information content (AvgIpc) is 2.99. The first-order valence-corrected chi connectivity index (χ1v) is 7.38. The van der Waals surface area contributed by atoms with Gasteiger partial charge in [0.15, 0.2) is 0 Å². The van der Waals surface area contributed by atoms with Crippen LogP contribution in [-0.2, 0) is 10.3 Å². The van der Waals surface area contributed by atoms with Crippen molar-refractivity contribution in [2.24, 2.45) is 0 Å². The van der Waals surface area contributed by atoms with Gasteiger partial charge in [0.2, 0.25) is 0 Å². The highest BCUT2D eigenvalue weighted by Gasteiger charge is 2.35. The predicted octanol–water partition coefficient (Wildman–Crippen LogP) is 5.28. The lowest BCUT2D eigenvalue weighted by Crippen LogP contribution is -2.24. The molecule has 2 aromatic rings. The van der Waals surface area contributed by atoms with E-state index in [9.17, 15) is 0 Å². The predicted molar refractivity (Wildman–Crippen MR) is 82.5 cm³/mol. The van der Waals surface area contributed by atoms with Crippen LogP contribution < -0.4 is 0 Å². The van der Waals surface area contributed by atoms with Gasteiger partial charge in [-0.1, -0.05) is 63.1 Å². The van der Waals surface area contributed by atoms with Gasteiger partial charge < -0.3 is 4.74 Å². The first-order valence-electron chi connectivity index (χ1n) is 7.38. The molecule has 0 aliphatic heterocycles. The minimum atomic E-state index is -0.0238. The maximum absolute atomic E-state index is 5.83. The van der Waals surface area contributed by atoms with Gasteiger partial charge in [0, 0.05) is 7.11 Å². The van der Waals surface area contributed by atoms with Gasteiger partial charge in [-0.2, -0.15) is 0 Å². The largest absolute Gasteiger partial charge is 0.374 e. The SMILES string of the molecule is CC.COC1(c2ccc3ccccc3c2)CCCC1. The Bertz CT molecular complexity index is 524. The van der Waals surface area contributed by atoms with Crippen LogP contribution in [0.5, 0.6) is 0 Å². The Kier molecular flexibility index (Phi) is 4.60. The topological polar surface area (TPSA) is 9.23 Å². The van der Waals surface area contributed by atoms with Gasteiger partial charge in [0.05, 0.1) is 5.60 Å². The summed E-state index contributed by atoms with van der Waals surface area (Å²) >= 11 is 0. The molecule has 19 heavy (non-hydrogen) atoms. The number of hydrogen-bond acceptors (Lipinski definition) is 1. The summed E-state index contributed by atoms with van der Waals surface area (Å²) in [7, 11) is 1.85. The zero-order valence-corrected chi connectivity index (χ0v) is 12.3. The van der Waals surface area contributed by atoms with E-state index in [2.05, 4.69) is 42.5 Å². The van der Waals surface area contributed by atoms with E-state index < -0.39 is 0 Å². The third-order valence-electron chi connectivity index (χ3n) is 4.08. The zero-order chi connectivity index (χ0) is 13.7. The Labute approximate surface area is 116 Å². The van der Waals surface area contributed by atoms with Crippen molar-refractivity contribution >= 4 is 10.8 Å². The standard InChI is InChI=1S/C16H18O.C2H6/c1-17-16(10-4-5-11-16)15-9-8-13-6-2-3-7-14(13)12-15;1-2/h2-3,6-9,12H,4-5,10-11H2,1H3;1-2H3. The second-order valence-electron chi connectivity index (χ2n) is 4.97. The third kappa shape index (κ3) is 2.66. The summed E-state index contributed by atoms with van der Waals surface area (Å²) in [5.74, 6) is 0. The summed E-state index contributed by atoms with van der Waals surface area (Å²) in [5, 5.41) is 2.62. The van der Waals surface area contributed by atoms with Crippen LogP contribution in [0.3, 0.4) is 0 Å². The summed E-state index contributed by atoms with van der Waals surface area (Å²) in [4.78, 5) is 0. The second-order valence-corrected chi connectivity index (χ2v) is 4.97. The quantitative estimate of drug-likeness (QED) is 0.710. The van der Waals surface area contributed by atoms with Crippen LogP contribution in [-0.4, -0.2) is 7.11 Å². The van der Waals surface area contributed by atoms with E-state index >= 15 is 0 Å². The molecule has 0 atom stereocenters. The number of methoxy groups -OCH3 is 1. The fourth-order valence-electron chi connectivity index (χ4n) is 3.03. The lowest BCUT2D eigenvalue weighted by molar-refractivity contribution is -0.00859. The van der Waals surface area contributed by atoms with Crippen LogP contribution in [0.4, 0.5) is 0 Å². The smallest absolute Gasteiger partial charge is 0.0927 e. The van der Waals surface area contributed by atoms with Crippen molar-refractivity contribution < 1.29 is 4.74 Å². The molecule has 0 N–H and O–H groups in total. The second kappa shape index (κ2) is 6.21. The van der Waals surface area contributed by atoms with Crippen molar-refractivity contribution in [1.82, 2.24) is 0 Å². The Balaban J connectivity index is 0.000000637. The number of fused-ring (bicyclic) bond motifs is 1. The van der Waals surface area contributed by atoms with Crippen LogP contribution >= 0.6 is 0 Å². The van der Waals surface area contributed by atoms with Crippen molar-refractivity contribution in [3.8, 4) is 0 Å². The molecule has 1 aliphatic rings. The molecular formula is C18H24O. The molecule has 1 aliphatic carbocycles. The van der Waals surface area contributed by atoms with E-state index in [4.69, 9.17) is 4.74 Å². The lowest BCUT2D eigenvalue weighted by atomic mass is 9.90. The first kappa shape index (κ1) is 14.1. The van der Waals surface area contributed by atoms with Gasteiger partial charge in [-0.15, -0.1) is 0 Å². The van der Waals surface area contributed by atoms with Crippen LogP contribution in [0, 0.1) is 0 Å². The molecule has 102 valence electrons. The molecule has 1 heteroatoms. The minimum absolute atomic E-state index is 0.0238. The average molecular weight is 256 g/mol. The molecule has 2 aromatic carbocycles. The summed E-state index contributed by atoms with van der Waals surface area (Å²) in [6.07, 6.45) is 4.87. The Morgan fingerprint density at radius 3 is 2.16 bits per heavy atom. The van der Waals surface area contributed by atoms with Gasteiger partial charge in [0.25, 0.3) is 0 Å². The van der Waals surface area contributed by atoms with E-state index in [1.54, 1.807) is 0 Å². The molecule has 3 rings (SSSR count). The van der Waals surface area contributed by atoms with Crippen molar-refractivity contribution in [2.75, 3.05) is 7.11 Å². The monoisotopic (exact) mass is 256 g/mol. The Hall–Kier alpha value is -1.34. The molecular weight excluding hydrogens is 232 g/mol. The molecule has 0 bridgehead atoms. The van der Waals surface area contributed by atoms with Crippen molar-refractivity contribution in [3.05, 3.63) is 48.0 Å². The number of benzene rings is 2. The van der Waals surface area contributed by atoms with Crippen LogP contribution in [0.1, 0.15) is 45.1 Å². The summed E-state index contributed by atoms with van der Waals surface area (Å²) in [5.41, 5.74) is 1.32. The van der Waals surface area contributed by atoms with Crippen molar-refractivity contribution in [3.63, 3.8) is 0 Å². The molecule has 0 spiro atoms. The normalized spacial score (nSPS) is 17.0. The number of hydrogen-bond donors (Lipinski definition) is 0. The zero-order valence-electron chi connectivity index (χ0n) is 12.3. The molecule has 0 saturated heterocycles.